The molecule has 1 saturated heterocycles. The summed E-state index contributed by atoms with van der Waals surface area (Å²) in [6.45, 7) is 3.10. The van der Waals surface area contributed by atoms with Gasteiger partial charge in [0.05, 0.1) is 5.56 Å². The van der Waals surface area contributed by atoms with Gasteiger partial charge >= 0.3 is 6.18 Å². The van der Waals surface area contributed by atoms with E-state index in [0.717, 1.165) is 35.2 Å². The molecule has 1 aliphatic heterocycles. The summed E-state index contributed by atoms with van der Waals surface area (Å²) in [6, 6.07) is 18.3. The third-order valence-electron chi connectivity index (χ3n) is 5.66. The first-order chi connectivity index (χ1) is 14.7. The fourth-order valence-corrected chi connectivity index (χ4v) is 3.89. The van der Waals surface area contributed by atoms with Crippen LogP contribution in [0.15, 0.2) is 66.7 Å². The van der Waals surface area contributed by atoms with E-state index in [2.05, 4.69) is 0 Å². The quantitative estimate of drug-likeness (QED) is 0.602. The highest BCUT2D eigenvalue weighted by Gasteiger charge is 2.30. The second-order valence-corrected chi connectivity index (χ2v) is 8.00. The first-order valence-corrected chi connectivity index (χ1v) is 10.2. The summed E-state index contributed by atoms with van der Waals surface area (Å²) in [7, 11) is 0. The third kappa shape index (κ3) is 4.49. The minimum absolute atomic E-state index is 0.0230. The van der Waals surface area contributed by atoms with E-state index in [0.29, 0.717) is 29.8 Å². The monoisotopic (exact) mass is 424 g/mol. The van der Waals surface area contributed by atoms with Crippen LogP contribution in [0, 0.1) is 6.92 Å². The lowest BCUT2D eigenvalue weighted by Gasteiger charge is -2.18. The highest BCUT2D eigenvalue weighted by molar-refractivity contribution is 5.98. The molecule has 4 rings (SSSR count). The van der Waals surface area contributed by atoms with E-state index in [1.54, 1.807) is 17.0 Å². The van der Waals surface area contributed by atoms with Crippen LogP contribution in [0.1, 0.15) is 27.9 Å². The Morgan fingerprint density at radius 1 is 0.935 bits per heavy atom. The van der Waals surface area contributed by atoms with Crippen molar-refractivity contribution in [3.63, 3.8) is 0 Å². The van der Waals surface area contributed by atoms with E-state index in [4.69, 9.17) is 5.73 Å². The van der Waals surface area contributed by atoms with Crippen molar-refractivity contribution < 1.29 is 18.0 Å². The fourth-order valence-electron chi connectivity index (χ4n) is 3.89. The lowest BCUT2D eigenvalue weighted by molar-refractivity contribution is -0.137. The van der Waals surface area contributed by atoms with Crippen LogP contribution in [0.25, 0.3) is 22.3 Å². The molecule has 1 atom stereocenters. The van der Waals surface area contributed by atoms with Crippen LogP contribution >= 0.6 is 0 Å². The molecule has 1 fully saturated rings. The summed E-state index contributed by atoms with van der Waals surface area (Å²) in [5.41, 5.74) is 9.97. The second-order valence-electron chi connectivity index (χ2n) is 8.00. The summed E-state index contributed by atoms with van der Waals surface area (Å²) < 4.78 is 39.1. The average Bonchev–Trinajstić information content (AvgIpc) is 3.19. The van der Waals surface area contributed by atoms with Crippen molar-refractivity contribution in [2.45, 2.75) is 25.6 Å². The van der Waals surface area contributed by atoms with Gasteiger partial charge in [0, 0.05) is 24.7 Å². The number of nitrogens with zero attached hydrogens (tertiary/aromatic N) is 1. The van der Waals surface area contributed by atoms with Crippen LogP contribution in [0.5, 0.6) is 0 Å². The zero-order valence-electron chi connectivity index (χ0n) is 17.1. The molecule has 0 bridgehead atoms. The maximum absolute atomic E-state index is 13.0. The van der Waals surface area contributed by atoms with Crippen molar-refractivity contribution in [3.05, 3.63) is 83.4 Å². The van der Waals surface area contributed by atoms with E-state index in [9.17, 15) is 18.0 Å². The number of carbonyl (C=O) groups excluding carboxylic acids is 1. The molecule has 0 radical (unpaired) electrons. The van der Waals surface area contributed by atoms with Crippen molar-refractivity contribution in [3.8, 4) is 22.3 Å². The van der Waals surface area contributed by atoms with E-state index < -0.39 is 11.7 Å². The summed E-state index contributed by atoms with van der Waals surface area (Å²) in [5, 5.41) is 0. The Morgan fingerprint density at radius 3 is 2.13 bits per heavy atom. The number of benzene rings is 3. The van der Waals surface area contributed by atoms with Crippen LogP contribution in [0.4, 0.5) is 13.2 Å². The lowest BCUT2D eigenvalue weighted by atomic mass is 9.91. The molecule has 31 heavy (non-hydrogen) atoms. The molecule has 160 valence electrons. The molecule has 0 aliphatic carbocycles. The normalized spacial score (nSPS) is 16.5. The number of halogens is 3. The van der Waals surface area contributed by atoms with E-state index in [1.165, 1.54) is 12.1 Å². The average molecular weight is 424 g/mol. The Balaban J connectivity index is 1.79. The van der Waals surface area contributed by atoms with Gasteiger partial charge in [-0.05, 0) is 59.9 Å². The third-order valence-corrected chi connectivity index (χ3v) is 5.66. The number of hydrogen-bond acceptors (Lipinski definition) is 2. The molecule has 1 amide bonds. The summed E-state index contributed by atoms with van der Waals surface area (Å²) in [5.74, 6) is -0.114. The number of amides is 1. The highest BCUT2D eigenvalue weighted by Crippen LogP contribution is 2.36. The van der Waals surface area contributed by atoms with Crippen molar-refractivity contribution in [2.75, 3.05) is 13.1 Å². The molecule has 3 aromatic carbocycles. The van der Waals surface area contributed by atoms with Gasteiger partial charge in [0.2, 0.25) is 0 Å². The molecule has 0 spiro atoms. The number of alkyl halides is 3. The number of aryl methyl sites for hydroxylation is 1. The van der Waals surface area contributed by atoms with Crippen LogP contribution in [-0.2, 0) is 6.18 Å². The number of rotatable bonds is 3. The molecule has 1 heterocycles. The molecular formula is C25H23F3N2O. The molecule has 3 nitrogen and oxygen atoms in total. The largest absolute Gasteiger partial charge is 0.416 e. The number of carbonyl (C=O) groups is 1. The number of likely N-dealkylation sites (tertiary alicyclic amines) is 1. The van der Waals surface area contributed by atoms with Crippen molar-refractivity contribution in [1.82, 2.24) is 4.90 Å². The number of nitrogens with two attached hydrogens (primary N) is 1. The molecular weight excluding hydrogens is 401 g/mol. The Hall–Kier alpha value is -3.12. The molecule has 0 aromatic heterocycles. The minimum atomic E-state index is -4.40. The van der Waals surface area contributed by atoms with Crippen LogP contribution in [0.3, 0.4) is 0 Å². The maximum Gasteiger partial charge on any atom is 0.416 e. The van der Waals surface area contributed by atoms with Crippen molar-refractivity contribution in [2.24, 2.45) is 5.73 Å². The zero-order chi connectivity index (χ0) is 22.2. The van der Waals surface area contributed by atoms with Gasteiger partial charge in [-0.25, -0.2) is 0 Å². The van der Waals surface area contributed by atoms with Gasteiger partial charge in [-0.2, -0.15) is 13.2 Å². The van der Waals surface area contributed by atoms with Gasteiger partial charge in [0.15, 0.2) is 0 Å². The minimum Gasteiger partial charge on any atom is -0.337 e. The topological polar surface area (TPSA) is 46.3 Å². The van der Waals surface area contributed by atoms with Gasteiger partial charge < -0.3 is 10.6 Å². The Labute approximate surface area is 179 Å². The van der Waals surface area contributed by atoms with Crippen LogP contribution in [0.2, 0.25) is 0 Å². The highest BCUT2D eigenvalue weighted by atomic mass is 19.4. The molecule has 3 aromatic rings. The van der Waals surface area contributed by atoms with Crippen molar-refractivity contribution in [1.29, 1.82) is 0 Å². The van der Waals surface area contributed by atoms with E-state index in [-0.39, 0.29) is 11.9 Å². The lowest BCUT2D eigenvalue weighted by Crippen LogP contribution is -2.31. The Morgan fingerprint density at radius 2 is 1.55 bits per heavy atom. The summed E-state index contributed by atoms with van der Waals surface area (Å²) >= 11 is 0. The molecule has 6 heteroatoms. The number of hydrogen-bond donors (Lipinski definition) is 1. The second kappa shape index (κ2) is 8.19. The summed E-state index contributed by atoms with van der Waals surface area (Å²) in [6.07, 6.45) is -3.64. The van der Waals surface area contributed by atoms with Gasteiger partial charge in [0.1, 0.15) is 0 Å². The molecule has 0 unspecified atom stereocenters. The van der Waals surface area contributed by atoms with Gasteiger partial charge in [-0.3, -0.25) is 4.79 Å². The summed E-state index contributed by atoms with van der Waals surface area (Å²) in [4.78, 5) is 14.7. The van der Waals surface area contributed by atoms with E-state index >= 15 is 0 Å². The van der Waals surface area contributed by atoms with Gasteiger partial charge in [-0.1, -0.05) is 48.0 Å². The van der Waals surface area contributed by atoms with Crippen LogP contribution < -0.4 is 5.73 Å². The molecule has 2 N–H and O–H groups in total. The Kier molecular flexibility index (Phi) is 5.58. The van der Waals surface area contributed by atoms with Crippen molar-refractivity contribution >= 4 is 5.91 Å². The maximum atomic E-state index is 13.0. The van der Waals surface area contributed by atoms with Crippen LogP contribution in [-0.4, -0.2) is 29.9 Å². The fraction of sp³-hybridized carbons (Fsp3) is 0.240. The predicted octanol–water partition coefficient (Wildman–Crippen LogP) is 5.52. The smallest absolute Gasteiger partial charge is 0.337 e. The van der Waals surface area contributed by atoms with E-state index in [1.807, 2.05) is 37.3 Å². The molecule has 0 saturated carbocycles. The molecule has 1 aliphatic rings. The van der Waals surface area contributed by atoms with Gasteiger partial charge in [-0.15, -0.1) is 0 Å². The van der Waals surface area contributed by atoms with Gasteiger partial charge in [0.25, 0.3) is 5.91 Å². The first kappa shape index (κ1) is 21.1. The first-order valence-electron chi connectivity index (χ1n) is 10.2. The zero-order valence-corrected chi connectivity index (χ0v) is 17.1. The Bertz CT molecular complexity index is 1090. The predicted molar refractivity (Wildman–Crippen MR) is 116 cm³/mol. The SMILES string of the molecule is Cc1ccc(-c2ccc(C(=O)N3CC[C@H](N)C3)cc2-c2ccc(C(F)(F)F)cc2)cc1. The standard InChI is InChI=1S/C25H23F3N2O/c1-16-2-4-17(5-3-16)22-11-8-19(24(31)30-13-12-21(29)15-30)14-23(22)18-6-9-20(10-7-18)25(26,27)28/h2-11,14,21H,12-13,15,29H2,1H3/t21-/m0/s1.